The lowest BCUT2D eigenvalue weighted by atomic mass is 10.1. The summed E-state index contributed by atoms with van der Waals surface area (Å²) in [5.41, 5.74) is -1.03. The lowest BCUT2D eigenvalue weighted by Gasteiger charge is -2.27. The van der Waals surface area contributed by atoms with Crippen LogP contribution in [0.25, 0.3) is 16.7 Å². The van der Waals surface area contributed by atoms with Crippen molar-refractivity contribution in [2.75, 3.05) is 43.5 Å². The molecule has 1 saturated heterocycles. The second-order valence-corrected chi connectivity index (χ2v) is 8.65. The van der Waals surface area contributed by atoms with Gasteiger partial charge in [0, 0.05) is 30.5 Å². The molecule has 2 aromatic carbocycles. The van der Waals surface area contributed by atoms with Gasteiger partial charge in [-0.15, -0.1) is 0 Å². The fourth-order valence-electron chi connectivity index (χ4n) is 4.32. The molecular weight excluding hydrogens is 499 g/mol. The molecule has 4 aromatic rings. The molecule has 1 aliphatic rings. The van der Waals surface area contributed by atoms with Crippen LogP contribution >= 0.6 is 0 Å². The number of benzene rings is 2. The number of anilines is 3. The Kier molecular flexibility index (Phi) is 7.01. The SMILES string of the molecule is O=C(CNc1cc(C(F)(F)F)c2c(=O)cc(Nc3ccccc3)n(-c3ccccc3)c2n1)N1CCOCC1. The molecule has 0 aliphatic carbocycles. The number of rotatable bonds is 6. The van der Waals surface area contributed by atoms with Gasteiger partial charge in [-0.1, -0.05) is 36.4 Å². The highest BCUT2D eigenvalue weighted by Gasteiger charge is 2.36. The van der Waals surface area contributed by atoms with Crippen LogP contribution in [0.1, 0.15) is 5.56 Å². The first-order chi connectivity index (χ1) is 18.3. The molecular formula is C27H24F3N5O3. The van der Waals surface area contributed by atoms with E-state index in [0.29, 0.717) is 37.7 Å². The van der Waals surface area contributed by atoms with E-state index in [2.05, 4.69) is 15.6 Å². The van der Waals surface area contributed by atoms with E-state index in [-0.39, 0.29) is 29.7 Å². The van der Waals surface area contributed by atoms with E-state index in [0.717, 1.165) is 12.1 Å². The van der Waals surface area contributed by atoms with Crippen LogP contribution in [0, 0.1) is 0 Å². The molecule has 0 bridgehead atoms. The molecule has 0 saturated carbocycles. The van der Waals surface area contributed by atoms with Crippen molar-refractivity contribution in [3.05, 3.63) is 88.6 Å². The molecule has 38 heavy (non-hydrogen) atoms. The minimum atomic E-state index is -4.84. The van der Waals surface area contributed by atoms with E-state index in [1.54, 1.807) is 59.5 Å². The summed E-state index contributed by atoms with van der Waals surface area (Å²) >= 11 is 0. The number of fused-ring (bicyclic) bond motifs is 1. The maximum Gasteiger partial charge on any atom is 0.417 e. The molecule has 0 spiro atoms. The highest BCUT2D eigenvalue weighted by molar-refractivity contribution is 5.87. The molecule has 196 valence electrons. The third kappa shape index (κ3) is 5.32. The average Bonchev–Trinajstić information content (AvgIpc) is 2.92. The summed E-state index contributed by atoms with van der Waals surface area (Å²) in [4.78, 5) is 31.7. The third-order valence-corrected chi connectivity index (χ3v) is 6.12. The topological polar surface area (TPSA) is 88.5 Å². The molecule has 0 atom stereocenters. The summed E-state index contributed by atoms with van der Waals surface area (Å²) in [6.45, 7) is 1.36. The lowest BCUT2D eigenvalue weighted by molar-refractivity contribution is -0.136. The van der Waals surface area contributed by atoms with Crippen LogP contribution in [0.2, 0.25) is 0 Å². The van der Waals surface area contributed by atoms with Gasteiger partial charge in [-0.2, -0.15) is 13.2 Å². The van der Waals surface area contributed by atoms with Crippen LogP contribution in [-0.2, 0) is 15.7 Å². The predicted molar refractivity (Wildman–Crippen MR) is 138 cm³/mol. The molecule has 1 amide bonds. The van der Waals surface area contributed by atoms with Crippen LogP contribution in [-0.4, -0.2) is 53.2 Å². The summed E-state index contributed by atoms with van der Waals surface area (Å²) in [6, 6.07) is 19.5. The van der Waals surface area contributed by atoms with E-state index >= 15 is 0 Å². The number of ether oxygens (including phenoxy) is 1. The first-order valence-electron chi connectivity index (χ1n) is 12.0. The van der Waals surface area contributed by atoms with Crippen molar-refractivity contribution in [3.8, 4) is 5.69 Å². The number of hydrogen-bond donors (Lipinski definition) is 2. The van der Waals surface area contributed by atoms with Crippen molar-refractivity contribution in [2.45, 2.75) is 6.18 Å². The van der Waals surface area contributed by atoms with Crippen molar-refractivity contribution in [1.29, 1.82) is 0 Å². The summed E-state index contributed by atoms with van der Waals surface area (Å²) in [7, 11) is 0. The summed E-state index contributed by atoms with van der Waals surface area (Å²) in [5.74, 6) is -0.224. The molecule has 0 radical (unpaired) electrons. The van der Waals surface area contributed by atoms with Gasteiger partial charge in [-0.3, -0.25) is 14.2 Å². The second kappa shape index (κ2) is 10.5. The third-order valence-electron chi connectivity index (χ3n) is 6.12. The Morgan fingerprint density at radius 2 is 1.63 bits per heavy atom. The predicted octanol–water partition coefficient (Wildman–Crippen LogP) is 4.42. The molecule has 8 nitrogen and oxygen atoms in total. The van der Waals surface area contributed by atoms with Gasteiger partial charge < -0.3 is 20.3 Å². The number of pyridine rings is 2. The Bertz CT molecular complexity index is 1500. The Morgan fingerprint density at radius 1 is 0.974 bits per heavy atom. The van der Waals surface area contributed by atoms with Crippen LogP contribution in [0.15, 0.2) is 77.6 Å². The zero-order valence-electron chi connectivity index (χ0n) is 20.2. The molecule has 1 fully saturated rings. The van der Waals surface area contributed by atoms with Gasteiger partial charge in [0.05, 0.1) is 30.7 Å². The molecule has 3 heterocycles. The number of morpholine rings is 1. The number of carbonyl (C=O) groups is 1. The van der Waals surface area contributed by atoms with E-state index in [1.165, 1.54) is 4.57 Å². The zero-order chi connectivity index (χ0) is 26.7. The number of nitrogens with zero attached hydrogens (tertiary/aromatic N) is 3. The fourth-order valence-corrected chi connectivity index (χ4v) is 4.32. The summed E-state index contributed by atoms with van der Waals surface area (Å²) in [5, 5.41) is 5.29. The maximum absolute atomic E-state index is 14.2. The second-order valence-electron chi connectivity index (χ2n) is 8.65. The quantitative estimate of drug-likeness (QED) is 0.389. The normalized spacial score (nSPS) is 13.9. The van der Waals surface area contributed by atoms with Gasteiger partial charge in [-0.05, 0) is 30.3 Å². The Morgan fingerprint density at radius 3 is 2.29 bits per heavy atom. The van der Waals surface area contributed by atoms with Crippen molar-refractivity contribution < 1.29 is 22.7 Å². The Balaban J connectivity index is 1.66. The minimum absolute atomic E-state index is 0.174. The van der Waals surface area contributed by atoms with Crippen molar-refractivity contribution in [3.63, 3.8) is 0 Å². The minimum Gasteiger partial charge on any atom is -0.378 e. The van der Waals surface area contributed by atoms with E-state index in [1.807, 2.05) is 6.07 Å². The van der Waals surface area contributed by atoms with Crippen molar-refractivity contribution in [2.24, 2.45) is 0 Å². The number of amides is 1. The van der Waals surface area contributed by atoms with Gasteiger partial charge >= 0.3 is 6.18 Å². The van der Waals surface area contributed by atoms with Crippen molar-refractivity contribution >= 4 is 34.3 Å². The number of alkyl halides is 3. The fraction of sp³-hybridized carbons (Fsp3) is 0.222. The molecule has 1 aliphatic heterocycles. The number of nitrogens with one attached hydrogen (secondary N) is 2. The van der Waals surface area contributed by atoms with E-state index in [9.17, 15) is 22.8 Å². The molecule has 5 rings (SSSR count). The average molecular weight is 524 g/mol. The van der Waals surface area contributed by atoms with Gasteiger partial charge in [0.1, 0.15) is 11.6 Å². The first kappa shape index (κ1) is 25.3. The standard InChI is InChI=1S/C27H24F3N5O3/c28-27(29,30)20-15-22(31-17-24(37)34-11-13-38-14-12-34)33-26-25(20)21(36)16-23(32-18-7-3-1-4-8-18)35(26)19-9-5-2-6-10-19/h1-10,15-16,32H,11-14,17H2,(H,31,33). The first-order valence-corrected chi connectivity index (χ1v) is 12.0. The summed E-state index contributed by atoms with van der Waals surface area (Å²) in [6.07, 6.45) is -4.84. The monoisotopic (exact) mass is 523 g/mol. The van der Waals surface area contributed by atoms with Gasteiger partial charge in [0.15, 0.2) is 11.1 Å². The maximum atomic E-state index is 14.2. The number of para-hydroxylation sites is 2. The largest absolute Gasteiger partial charge is 0.417 e. The summed E-state index contributed by atoms with van der Waals surface area (Å²) < 4.78 is 49.4. The van der Waals surface area contributed by atoms with E-state index in [4.69, 9.17) is 4.74 Å². The number of halogens is 3. The van der Waals surface area contributed by atoms with E-state index < -0.39 is 22.6 Å². The zero-order valence-corrected chi connectivity index (χ0v) is 20.2. The Labute approximate surface area is 215 Å². The van der Waals surface area contributed by atoms with Gasteiger partial charge in [0.2, 0.25) is 5.91 Å². The number of carbonyl (C=O) groups excluding carboxylic acids is 1. The Hall–Kier alpha value is -4.38. The van der Waals surface area contributed by atoms with Gasteiger partial charge in [-0.25, -0.2) is 4.98 Å². The molecule has 2 aromatic heterocycles. The number of aromatic nitrogens is 2. The number of hydrogen-bond acceptors (Lipinski definition) is 6. The van der Waals surface area contributed by atoms with Crippen LogP contribution in [0.5, 0.6) is 0 Å². The molecule has 2 N–H and O–H groups in total. The smallest absolute Gasteiger partial charge is 0.378 e. The van der Waals surface area contributed by atoms with Crippen LogP contribution < -0.4 is 16.1 Å². The van der Waals surface area contributed by atoms with Crippen LogP contribution in [0.4, 0.5) is 30.5 Å². The highest BCUT2D eigenvalue weighted by Crippen LogP contribution is 2.36. The van der Waals surface area contributed by atoms with Gasteiger partial charge in [0.25, 0.3) is 0 Å². The van der Waals surface area contributed by atoms with Crippen LogP contribution in [0.3, 0.4) is 0 Å². The van der Waals surface area contributed by atoms with Crippen molar-refractivity contribution in [1.82, 2.24) is 14.5 Å². The molecule has 11 heteroatoms. The highest BCUT2D eigenvalue weighted by atomic mass is 19.4. The molecule has 0 unspecified atom stereocenters. The lowest BCUT2D eigenvalue weighted by Crippen LogP contribution is -2.43.